The fourth-order valence-corrected chi connectivity index (χ4v) is 3.49. The fourth-order valence-electron chi connectivity index (χ4n) is 1.64. The van der Waals surface area contributed by atoms with Crippen LogP contribution in [0, 0.1) is 0 Å². The van der Waals surface area contributed by atoms with Crippen LogP contribution in [0.25, 0.3) is 0 Å². The van der Waals surface area contributed by atoms with Gasteiger partial charge in [0, 0.05) is 25.3 Å². The maximum absolute atomic E-state index is 12.6. The molecule has 0 aliphatic rings. The summed E-state index contributed by atoms with van der Waals surface area (Å²) >= 11 is 6.12. The predicted octanol–water partition coefficient (Wildman–Crippen LogP) is 3.37. The summed E-state index contributed by atoms with van der Waals surface area (Å²) in [5.41, 5.74) is -0.468. The van der Waals surface area contributed by atoms with Gasteiger partial charge >= 0.3 is 0 Å². The van der Waals surface area contributed by atoms with Crippen LogP contribution in [0.2, 0.25) is 5.02 Å². The molecule has 0 saturated heterocycles. The minimum absolute atomic E-state index is 0.110. The van der Waals surface area contributed by atoms with Crippen LogP contribution in [-0.4, -0.2) is 36.8 Å². The number of nitrogens with one attached hydrogen (secondary N) is 1. The summed E-state index contributed by atoms with van der Waals surface area (Å²) in [5.74, 6) is 0.509. The summed E-state index contributed by atoms with van der Waals surface area (Å²) in [4.78, 5) is 4.23. The van der Waals surface area contributed by atoms with Crippen LogP contribution in [0.5, 0.6) is 0 Å². The first-order valence-corrected chi connectivity index (χ1v) is 8.87. The number of hydrogen-bond acceptors (Lipinski definition) is 4. The zero-order valence-electron chi connectivity index (χ0n) is 13.3. The van der Waals surface area contributed by atoms with Gasteiger partial charge in [-0.2, -0.15) is 4.31 Å². The molecule has 120 valence electrons. The Labute approximate surface area is 132 Å². The largest absolute Gasteiger partial charge is 0.369 e. The molecule has 0 amide bonds. The Morgan fingerprint density at radius 1 is 1.38 bits per heavy atom. The van der Waals surface area contributed by atoms with Crippen molar-refractivity contribution in [1.29, 1.82) is 0 Å². The van der Waals surface area contributed by atoms with E-state index in [-0.39, 0.29) is 4.90 Å². The summed E-state index contributed by atoms with van der Waals surface area (Å²) in [5, 5.41) is 3.37. The van der Waals surface area contributed by atoms with Gasteiger partial charge in [-0.15, -0.1) is 0 Å². The van der Waals surface area contributed by atoms with Crippen LogP contribution in [-0.2, 0) is 10.0 Å². The van der Waals surface area contributed by atoms with Crippen LogP contribution in [0.4, 0.5) is 5.82 Å². The van der Waals surface area contributed by atoms with Gasteiger partial charge in [0.25, 0.3) is 0 Å². The van der Waals surface area contributed by atoms with E-state index in [1.54, 1.807) is 7.05 Å². The Kier molecular flexibility index (Phi) is 6.01. The topological polar surface area (TPSA) is 62.3 Å². The van der Waals surface area contributed by atoms with E-state index in [9.17, 15) is 8.42 Å². The average Bonchev–Trinajstić information content (AvgIpc) is 2.44. The van der Waals surface area contributed by atoms with Crippen LogP contribution in [0.15, 0.2) is 17.2 Å². The predicted molar refractivity (Wildman–Crippen MR) is 87.3 cm³/mol. The maximum Gasteiger partial charge on any atom is 0.244 e. The van der Waals surface area contributed by atoms with E-state index >= 15 is 0 Å². The Bertz CT molecular complexity index is 588. The van der Waals surface area contributed by atoms with Gasteiger partial charge in [0.15, 0.2) is 0 Å². The molecule has 0 unspecified atom stereocenters. The summed E-state index contributed by atoms with van der Waals surface area (Å²) in [6, 6.07) is 1.45. The number of sulfonamides is 1. The molecule has 1 heterocycles. The monoisotopic (exact) mass is 333 g/mol. The lowest BCUT2D eigenvalue weighted by molar-refractivity contribution is 0.257. The number of pyridine rings is 1. The first kappa shape index (κ1) is 18.2. The summed E-state index contributed by atoms with van der Waals surface area (Å²) in [6.45, 7) is 8.49. The number of aromatic nitrogens is 1. The molecule has 0 bridgehead atoms. The number of anilines is 1. The Morgan fingerprint density at radius 2 is 2.00 bits per heavy atom. The van der Waals surface area contributed by atoms with E-state index in [0.29, 0.717) is 17.3 Å². The molecule has 1 rings (SSSR count). The maximum atomic E-state index is 12.6. The van der Waals surface area contributed by atoms with Gasteiger partial charge < -0.3 is 5.32 Å². The van der Waals surface area contributed by atoms with Crippen molar-refractivity contribution < 1.29 is 8.42 Å². The zero-order chi connectivity index (χ0) is 16.3. The standard InChI is InChI=1S/C14H24ClN3O2S/c1-6-8-16-13-12(15)9-11(10-17-13)21(19,20)18(5)14(3,4)7-2/h9-10H,6-8H2,1-5H3,(H,16,17). The van der Waals surface area contributed by atoms with Gasteiger partial charge in [-0.05, 0) is 32.8 Å². The quantitative estimate of drug-likeness (QED) is 0.831. The van der Waals surface area contributed by atoms with Crippen LogP contribution >= 0.6 is 11.6 Å². The van der Waals surface area contributed by atoms with E-state index in [0.717, 1.165) is 13.0 Å². The van der Waals surface area contributed by atoms with E-state index in [1.807, 2.05) is 27.7 Å². The van der Waals surface area contributed by atoms with Crippen molar-refractivity contribution in [2.45, 2.75) is 51.0 Å². The molecule has 0 spiro atoms. The molecule has 0 radical (unpaired) electrons. The molecule has 0 aromatic carbocycles. The highest BCUT2D eigenvalue weighted by Gasteiger charge is 2.33. The zero-order valence-corrected chi connectivity index (χ0v) is 14.8. The fraction of sp³-hybridized carbons (Fsp3) is 0.643. The minimum atomic E-state index is -3.61. The van der Waals surface area contributed by atoms with Crippen molar-refractivity contribution in [1.82, 2.24) is 9.29 Å². The van der Waals surface area contributed by atoms with E-state index < -0.39 is 15.6 Å². The second-order valence-corrected chi connectivity index (χ2v) is 7.94. The lowest BCUT2D eigenvalue weighted by Gasteiger charge is -2.33. The second kappa shape index (κ2) is 6.94. The summed E-state index contributed by atoms with van der Waals surface area (Å²) < 4.78 is 26.6. The average molecular weight is 334 g/mol. The third-order valence-corrected chi connectivity index (χ3v) is 6.06. The Balaban J connectivity index is 3.13. The molecule has 1 aromatic heterocycles. The molecule has 1 aromatic rings. The third kappa shape index (κ3) is 4.08. The number of halogens is 1. The Hall–Kier alpha value is -0.850. The van der Waals surface area contributed by atoms with Gasteiger partial charge in [-0.25, -0.2) is 13.4 Å². The molecule has 0 atom stereocenters. The molecule has 5 nitrogen and oxygen atoms in total. The number of rotatable bonds is 7. The van der Waals surface area contributed by atoms with E-state index in [2.05, 4.69) is 10.3 Å². The summed E-state index contributed by atoms with van der Waals surface area (Å²) in [6.07, 6.45) is 2.99. The first-order chi connectivity index (χ1) is 9.66. The van der Waals surface area contributed by atoms with Crippen molar-refractivity contribution in [2.24, 2.45) is 0 Å². The van der Waals surface area contributed by atoms with Gasteiger partial charge in [-0.1, -0.05) is 25.4 Å². The summed E-state index contributed by atoms with van der Waals surface area (Å²) in [7, 11) is -2.03. The molecule has 0 aliphatic heterocycles. The highest BCUT2D eigenvalue weighted by Crippen LogP contribution is 2.28. The van der Waals surface area contributed by atoms with Gasteiger partial charge in [0.05, 0.1) is 5.02 Å². The highest BCUT2D eigenvalue weighted by atomic mass is 35.5. The minimum Gasteiger partial charge on any atom is -0.369 e. The molecular weight excluding hydrogens is 310 g/mol. The van der Waals surface area contributed by atoms with E-state index in [1.165, 1.54) is 16.6 Å². The highest BCUT2D eigenvalue weighted by molar-refractivity contribution is 7.89. The lowest BCUT2D eigenvalue weighted by atomic mass is 10.0. The first-order valence-electron chi connectivity index (χ1n) is 7.05. The molecule has 0 saturated carbocycles. The molecule has 1 N–H and O–H groups in total. The molecule has 0 aliphatic carbocycles. The van der Waals surface area contributed by atoms with Crippen LogP contribution in [0.1, 0.15) is 40.5 Å². The van der Waals surface area contributed by atoms with Crippen molar-refractivity contribution in [2.75, 3.05) is 18.9 Å². The van der Waals surface area contributed by atoms with Crippen molar-refractivity contribution in [3.05, 3.63) is 17.3 Å². The molecule has 7 heteroatoms. The second-order valence-electron chi connectivity index (χ2n) is 5.57. The molecule has 21 heavy (non-hydrogen) atoms. The van der Waals surface area contributed by atoms with Gasteiger partial charge in [-0.3, -0.25) is 0 Å². The number of hydrogen-bond donors (Lipinski definition) is 1. The third-order valence-electron chi connectivity index (χ3n) is 3.73. The Morgan fingerprint density at radius 3 is 2.48 bits per heavy atom. The van der Waals surface area contributed by atoms with E-state index in [4.69, 9.17) is 11.6 Å². The van der Waals surface area contributed by atoms with Gasteiger partial charge in [0.2, 0.25) is 10.0 Å². The lowest BCUT2D eigenvalue weighted by Crippen LogP contribution is -2.44. The SMILES string of the molecule is CCCNc1ncc(S(=O)(=O)N(C)C(C)(C)CC)cc1Cl. The smallest absolute Gasteiger partial charge is 0.244 e. The van der Waals surface area contributed by atoms with Crippen LogP contribution < -0.4 is 5.32 Å². The van der Waals surface area contributed by atoms with Crippen molar-refractivity contribution in [3.63, 3.8) is 0 Å². The van der Waals surface area contributed by atoms with Gasteiger partial charge in [0.1, 0.15) is 10.7 Å². The van der Waals surface area contributed by atoms with Crippen molar-refractivity contribution >= 4 is 27.4 Å². The van der Waals surface area contributed by atoms with Crippen LogP contribution in [0.3, 0.4) is 0 Å². The van der Waals surface area contributed by atoms with Crippen molar-refractivity contribution in [3.8, 4) is 0 Å². The normalized spacial score (nSPS) is 12.7. The number of nitrogens with zero attached hydrogens (tertiary/aromatic N) is 2. The molecule has 0 fully saturated rings. The molecular formula is C14H24ClN3O2S.